The first-order chi connectivity index (χ1) is 14.8. The van der Waals surface area contributed by atoms with Crippen LogP contribution in [0.2, 0.25) is 0 Å². The zero-order valence-electron chi connectivity index (χ0n) is 16.5. The van der Waals surface area contributed by atoms with Crippen molar-refractivity contribution in [3.05, 3.63) is 66.1 Å². The van der Waals surface area contributed by atoms with Gasteiger partial charge in [0.15, 0.2) is 0 Å². The van der Waals surface area contributed by atoms with Crippen LogP contribution in [0.1, 0.15) is 6.42 Å². The molecule has 0 bridgehead atoms. The summed E-state index contributed by atoms with van der Waals surface area (Å²) in [5, 5.41) is 4.48. The molecule has 0 spiro atoms. The van der Waals surface area contributed by atoms with E-state index in [2.05, 4.69) is 32.8 Å². The normalized spacial score (nSPS) is 17.7. The fourth-order valence-corrected chi connectivity index (χ4v) is 4.47. The summed E-state index contributed by atoms with van der Waals surface area (Å²) in [6, 6.07) is 18.2. The minimum absolute atomic E-state index is 0.174. The highest BCUT2D eigenvalue weighted by atomic mass is 32.2. The Hall–Kier alpha value is -2.90. The molecule has 2 aromatic carbocycles. The molecular weight excluding hydrogens is 398 g/mol. The second-order valence-electron chi connectivity index (χ2n) is 7.27. The summed E-state index contributed by atoms with van der Waals surface area (Å²) in [5.41, 5.74) is 3.55. The molecule has 6 nitrogen and oxygen atoms in total. The number of rotatable bonds is 0. The minimum Gasteiger partial charge on any atom is -0.463 e. The van der Waals surface area contributed by atoms with Crippen molar-refractivity contribution in [2.45, 2.75) is 13.0 Å². The number of benzene rings is 2. The van der Waals surface area contributed by atoms with E-state index in [1.165, 1.54) is 11.9 Å². The Labute approximate surface area is 179 Å². The molecule has 5 rings (SSSR count). The van der Waals surface area contributed by atoms with Gasteiger partial charge in [-0.25, -0.2) is 0 Å². The number of hydrogen-bond donors (Lipinski definition) is 2. The number of carbonyl (C=O) groups excluding carboxylic acids is 1. The topological polar surface area (TPSA) is 64.5 Å². The van der Waals surface area contributed by atoms with E-state index in [4.69, 9.17) is 9.47 Å². The highest BCUT2D eigenvalue weighted by Gasteiger charge is 2.27. The van der Waals surface area contributed by atoms with Gasteiger partial charge in [-0.3, -0.25) is 9.52 Å². The molecule has 7 heteroatoms. The van der Waals surface area contributed by atoms with Gasteiger partial charge in [-0.1, -0.05) is 42.3 Å². The number of ether oxygens (including phenoxy) is 2. The molecule has 0 atom stereocenters. The lowest BCUT2D eigenvalue weighted by atomic mass is 10.1. The van der Waals surface area contributed by atoms with Crippen LogP contribution in [0.5, 0.6) is 5.75 Å². The summed E-state index contributed by atoms with van der Waals surface area (Å²) < 4.78 is 17.3. The maximum absolute atomic E-state index is 13.1. The fourth-order valence-electron chi connectivity index (χ4n) is 3.82. The third kappa shape index (κ3) is 3.66. The number of hydrogen-bond acceptors (Lipinski definition) is 5. The van der Waals surface area contributed by atoms with Crippen molar-refractivity contribution in [1.29, 1.82) is 0 Å². The van der Waals surface area contributed by atoms with Crippen molar-refractivity contribution in [2.75, 3.05) is 25.4 Å². The first-order valence-corrected chi connectivity index (χ1v) is 11.1. The molecule has 1 aromatic heterocycles. The lowest BCUT2D eigenvalue weighted by Gasteiger charge is -2.23. The molecule has 3 aromatic rings. The average molecular weight is 422 g/mol. The van der Waals surface area contributed by atoms with Crippen molar-refractivity contribution in [1.82, 2.24) is 14.6 Å². The Kier molecular flexibility index (Phi) is 5.38. The van der Waals surface area contributed by atoms with E-state index in [9.17, 15) is 4.79 Å². The summed E-state index contributed by atoms with van der Waals surface area (Å²) in [6.45, 7) is 2.39. The fraction of sp³-hybridized carbons (Fsp3) is 0.261. The zero-order chi connectivity index (χ0) is 20.3. The molecule has 30 heavy (non-hydrogen) atoms. The molecule has 154 valence electrons. The van der Waals surface area contributed by atoms with E-state index < -0.39 is 0 Å². The maximum Gasteiger partial charge on any atom is 0.295 e. The summed E-state index contributed by atoms with van der Waals surface area (Å²) in [5.74, 6) is 1.62. The predicted molar refractivity (Wildman–Crippen MR) is 119 cm³/mol. The lowest BCUT2D eigenvalue weighted by Crippen LogP contribution is -2.29. The SMILES string of the molecule is O=C1NSCCCNCCOC2=C1Cn1c(cc3ccccc31)-c1ccccc1O2. The Morgan fingerprint density at radius 2 is 1.90 bits per heavy atom. The van der Waals surface area contributed by atoms with Gasteiger partial charge in [0, 0.05) is 28.8 Å². The number of aromatic nitrogens is 1. The van der Waals surface area contributed by atoms with Crippen LogP contribution in [-0.2, 0) is 16.1 Å². The summed E-state index contributed by atoms with van der Waals surface area (Å²) in [7, 11) is 0. The highest BCUT2D eigenvalue weighted by molar-refractivity contribution is 7.97. The van der Waals surface area contributed by atoms with Crippen molar-refractivity contribution in [3.63, 3.8) is 0 Å². The van der Waals surface area contributed by atoms with Gasteiger partial charge in [-0.15, -0.1) is 0 Å². The van der Waals surface area contributed by atoms with Gasteiger partial charge in [0.25, 0.3) is 11.9 Å². The van der Waals surface area contributed by atoms with Gasteiger partial charge in [0.2, 0.25) is 0 Å². The Bertz CT molecular complexity index is 1120. The summed E-state index contributed by atoms with van der Waals surface area (Å²) >= 11 is 1.42. The smallest absolute Gasteiger partial charge is 0.295 e. The van der Waals surface area contributed by atoms with Crippen LogP contribution in [0, 0.1) is 0 Å². The Balaban J connectivity index is 1.67. The predicted octanol–water partition coefficient (Wildman–Crippen LogP) is 3.69. The number of nitrogens with one attached hydrogen (secondary N) is 2. The Morgan fingerprint density at radius 3 is 2.87 bits per heavy atom. The molecule has 2 aliphatic rings. The van der Waals surface area contributed by atoms with Gasteiger partial charge in [-0.05, 0) is 37.2 Å². The largest absolute Gasteiger partial charge is 0.463 e. The first kappa shape index (κ1) is 19.1. The number of para-hydroxylation sites is 2. The number of fused-ring (bicyclic) bond motifs is 5. The van der Waals surface area contributed by atoms with Crippen LogP contribution in [0.15, 0.2) is 66.1 Å². The summed E-state index contributed by atoms with van der Waals surface area (Å²) in [6.07, 6.45) is 0.979. The standard InChI is InChI=1S/C23H23N3O3S/c27-22-18-15-26-19-8-3-1-6-16(19)14-20(26)17-7-2-4-9-21(17)29-23(18)28-12-11-24-10-5-13-30-25-22/h1-4,6-9,14,24H,5,10-13,15H2,(H,25,27). The first-order valence-electron chi connectivity index (χ1n) is 10.2. The molecule has 0 aliphatic carbocycles. The molecular formula is C23H23N3O3S. The molecule has 0 unspecified atom stereocenters. The van der Waals surface area contributed by atoms with E-state index in [0.717, 1.165) is 40.9 Å². The second kappa shape index (κ2) is 8.45. The van der Waals surface area contributed by atoms with E-state index in [0.29, 0.717) is 31.0 Å². The van der Waals surface area contributed by atoms with Crippen molar-refractivity contribution in [3.8, 4) is 17.0 Å². The van der Waals surface area contributed by atoms with Crippen LogP contribution in [-0.4, -0.2) is 35.9 Å². The molecule has 0 fully saturated rings. The molecule has 2 N–H and O–H groups in total. The van der Waals surface area contributed by atoms with Crippen molar-refractivity contribution in [2.24, 2.45) is 0 Å². The average Bonchev–Trinajstić information content (AvgIpc) is 3.11. The molecule has 0 radical (unpaired) electrons. The van der Waals surface area contributed by atoms with Gasteiger partial charge < -0.3 is 19.4 Å². The van der Waals surface area contributed by atoms with Crippen molar-refractivity contribution >= 4 is 28.8 Å². The van der Waals surface area contributed by atoms with Crippen LogP contribution in [0.3, 0.4) is 0 Å². The van der Waals surface area contributed by atoms with E-state index >= 15 is 0 Å². The molecule has 1 amide bonds. The third-order valence-electron chi connectivity index (χ3n) is 5.29. The third-order valence-corrected chi connectivity index (χ3v) is 6.11. The molecule has 2 aliphatic heterocycles. The minimum atomic E-state index is -0.174. The van der Waals surface area contributed by atoms with Crippen molar-refractivity contribution < 1.29 is 14.3 Å². The van der Waals surface area contributed by atoms with Crippen LogP contribution >= 0.6 is 11.9 Å². The molecule has 0 saturated carbocycles. The number of amides is 1. The van der Waals surface area contributed by atoms with E-state index in [1.54, 1.807) is 0 Å². The Morgan fingerprint density at radius 1 is 1.03 bits per heavy atom. The molecule has 3 heterocycles. The maximum atomic E-state index is 13.1. The number of carbonyl (C=O) groups is 1. The van der Waals surface area contributed by atoms with E-state index in [-0.39, 0.29) is 11.9 Å². The van der Waals surface area contributed by atoms with Gasteiger partial charge >= 0.3 is 0 Å². The van der Waals surface area contributed by atoms with Gasteiger partial charge in [0.05, 0.1) is 12.2 Å². The quantitative estimate of drug-likeness (QED) is 0.542. The van der Waals surface area contributed by atoms with Crippen LogP contribution in [0.4, 0.5) is 0 Å². The second-order valence-corrected chi connectivity index (χ2v) is 8.17. The number of nitrogens with zero attached hydrogens (tertiary/aromatic N) is 1. The van der Waals surface area contributed by atoms with E-state index in [1.807, 2.05) is 36.4 Å². The zero-order valence-corrected chi connectivity index (χ0v) is 17.3. The van der Waals surface area contributed by atoms with Gasteiger partial charge in [0.1, 0.15) is 17.9 Å². The monoisotopic (exact) mass is 421 g/mol. The van der Waals surface area contributed by atoms with Gasteiger partial charge in [-0.2, -0.15) is 0 Å². The van der Waals surface area contributed by atoms with Crippen LogP contribution in [0.25, 0.3) is 22.2 Å². The summed E-state index contributed by atoms with van der Waals surface area (Å²) in [4.78, 5) is 13.1. The lowest BCUT2D eigenvalue weighted by molar-refractivity contribution is -0.116. The molecule has 0 saturated heterocycles. The highest BCUT2D eigenvalue weighted by Crippen LogP contribution is 2.38. The van der Waals surface area contributed by atoms with Crippen LogP contribution < -0.4 is 14.8 Å².